The van der Waals surface area contributed by atoms with Gasteiger partial charge in [-0.05, 0) is 18.4 Å². The summed E-state index contributed by atoms with van der Waals surface area (Å²) in [5.74, 6) is -0.758. The van der Waals surface area contributed by atoms with Gasteiger partial charge >= 0.3 is 5.97 Å². The highest BCUT2D eigenvalue weighted by atomic mass is 16.4. The summed E-state index contributed by atoms with van der Waals surface area (Å²) in [5, 5.41) is 11.7. The van der Waals surface area contributed by atoms with Crippen molar-refractivity contribution in [2.24, 2.45) is 5.41 Å². The van der Waals surface area contributed by atoms with Crippen molar-refractivity contribution in [1.82, 2.24) is 5.32 Å². The predicted octanol–water partition coefficient (Wildman–Crippen LogP) is 1.49. The van der Waals surface area contributed by atoms with Gasteiger partial charge in [0, 0.05) is 0 Å². The van der Waals surface area contributed by atoms with E-state index in [-0.39, 0.29) is 5.41 Å². The molecule has 0 aliphatic carbocycles. The van der Waals surface area contributed by atoms with Crippen molar-refractivity contribution in [2.45, 2.75) is 40.2 Å². The number of nitrogens with one attached hydrogen (secondary N) is 1. The molecule has 0 aromatic carbocycles. The fraction of sp³-hybridized carbons (Fsp3) is 0.889. The Morgan fingerprint density at radius 1 is 1.50 bits per heavy atom. The number of aliphatic carboxylic acids is 1. The fourth-order valence-corrected chi connectivity index (χ4v) is 1.11. The van der Waals surface area contributed by atoms with Gasteiger partial charge in [0.1, 0.15) is 6.04 Å². The first-order valence-corrected chi connectivity index (χ1v) is 4.33. The Kier molecular flexibility index (Phi) is 4.24. The largest absolute Gasteiger partial charge is 0.480 e. The van der Waals surface area contributed by atoms with E-state index in [1.54, 1.807) is 0 Å². The van der Waals surface area contributed by atoms with Gasteiger partial charge in [-0.1, -0.05) is 27.7 Å². The summed E-state index contributed by atoms with van der Waals surface area (Å²) in [6.07, 6.45) is 0.663. The molecule has 1 unspecified atom stereocenters. The molecule has 0 aliphatic heterocycles. The number of likely N-dealkylation sites (N-methyl/N-ethyl adjacent to an activating group) is 1. The van der Waals surface area contributed by atoms with Crippen molar-refractivity contribution >= 4 is 5.97 Å². The Hall–Kier alpha value is -0.570. The lowest BCUT2D eigenvalue weighted by Gasteiger charge is -2.23. The van der Waals surface area contributed by atoms with E-state index in [1.165, 1.54) is 0 Å². The first-order valence-electron chi connectivity index (χ1n) is 4.33. The monoisotopic (exact) mass is 173 g/mol. The van der Waals surface area contributed by atoms with E-state index in [9.17, 15) is 4.79 Å². The standard InChI is InChI=1S/C9H19NO2/c1-5-10-7(8(11)12)6-9(2,3)4/h7,10H,5-6H2,1-4H3,(H,11,12). The third-order valence-electron chi connectivity index (χ3n) is 1.57. The predicted molar refractivity (Wildman–Crippen MR) is 49.2 cm³/mol. The van der Waals surface area contributed by atoms with E-state index in [1.807, 2.05) is 27.7 Å². The average molecular weight is 173 g/mol. The molecule has 0 saturated heterocycles. The van der Waals surface area contributed by atoms with Crippen molar-refractivity contribution in [3.63, 3.8) is 0 Å². The molecule has 0 aromatic rings. The third-order valence-corrected chi connectivity index (χ3v) is 1.57. The Morgan fingerprint density at radius 3 is 2.25 bits per heavy atom. The second kappa shape index (κ2) is 4.45. The summed E-state index contributed by atoms with van der Waals surface area (Å²) in [5.41, 5.74) is 0.0607. The zero-order valence-electron chi connectivity index (χ0n) is 8.35. The van der Waals surface area contributed by atoms with Crippen molar-refractivity contribution in [2.75, 3.05) is 6.54 Å². The Labute approximate surface area is 74.2 Å². The van der Waals surface area contributed by atoms with Crippen molar-refractivity contribution in [3.05, 3.63) is 0 Å². The molecule has 1 atom stereocenters. The Bertz CT molecular complexity index is 149. The molecule has 0 fully saturated rings. The van der Waals surface area contributed by atoms with Crippen LogP contribution in [0, 0.1) is 5.41 Å². The molecular formula is C9H19NO2. The highest BCUT2D eigenvalue weighted by Crippen LogP contribution is 2.20. The lowest BCUT2D eigenvalue weighted by atomic mass is 9.88. The second-order valence-corrected chi connectivity index (χ2v) is 4.21. The van der Waals surface area contributed by atoms with Crippen LogP contribution in [0.15, 0.2) is 0 Å². The molecule has 0 aliphatic rings. The molecule has 0 rings (SSSR count). The number of carboxylic acid groups (broad SMARTS) is 1. The van der Waals surface area contributed by atoms with Crippen LogP contribution in [0.1, 0.15) is 34.1 Å². The van der Waals surface area contributed by atoms with E-state index in [0.29, 0.717) is 13.0 Å². The fourth-order valence-electron chi connectivity index (χ4n) is 1.11. The molecule has 12 heavy (non-hydrogen) atoms. The van der Waals surface area contributed by atoms with Crippen LogP contribution in [-0.2, 0) is 4.79 Å². The lowest BCUT2D eigenvalue weighted by Crippen LogP contribution is -2.39. The summed E-state index contributed by atoms with van der Waals surface area (Å²) in [7, 11) is 0. The molecule has 2 N–H and O–H groups in total. The van der Waals surface area contributed by atoms with E-state index in [2.05, 4.69) is 5.32 Å². The van der Waals surface area contributed by atoms with Gasteiger partial charge in [-0.2, -0.15) is 0 Å². The van der Waals surface area contributed by atoms with Gasteiger partial charge < -0.3 is 10.4 Å². The topological polar surface area (TPSA) is 49.3 Å². The summed E-state index contributed by atoms with van der Waals surface area (Å²) in [6, 6.07) is -0.407. The number of rotatable bonds is 4. The Balaban J connectivity index is 4.05. The van der Waals surface area contributed by atoms with Gasteiger partial charge in [-0.25, -0.2) is 0 Å². The average Bonchev–Trinajstić information content (AvgIpc) is 1.83. The molecule has 72 valence electrons. The minimum absolute atomic E-state index is 0.0607. The maximum absolute atomic E-state index is 10.7. The quantitative estimate of drug-likeness (QED) is 0.677. The summed E-state index contributed by atoms with van der Waals surface area (Å²) in [6.45, 7) is 8.74. The summed E-state index contributed by atoms with van der Waals surface area (Å²) < 4.78 is 0. The van der Waals surface area contributed by atoms with Gasteiger partial charge in [0.2, 0.25) is 0 Å². The molecular weight excluding hydrogens is 154 g/mol. The molecule has 0 bridgehead atoms. The van der Waals surface area contributed by atoms with Gasteiger partial charge in [0.25, 0.3) is 0 Å². The van der Waals surface area contributed by atoms with Crippen LogP contribution >= 0.6 is 0 Å². The number of hydrogen-bond acceptors (Lipinski definition) is 2. The van der Waals surface area contributed by atoms with Crippen LogP contribution < -0.4 is 5.32 Å². The molecule has 3 heteroatoms. The van der Waals surface area contributed by atoms with E-state index >= 15 is 0 Å². The normalized spacial score (nSPS) is 14.3. The third kappa shape index (κ3) is 5.13. The van der Waals surface area contributed by atoms with Gasteiger partial charge in [0.15, 0.2) is 0 Å². The Morgan fingerprint density at radius 2 is 2.00 bits per heavy atom. The minimum Gasteiger partial charge on any atom is -0.480 e. The lowest BCUT2D eigenvalue weighted by molar-refractivity contribution is -0.140. The van der Waals surface area contributed by atoms with Crippen molar-refractivity contribution < 1.29 is 9.90 Å². The molecule has 0 amide bonds. The maximum atomic E-state index is 10.7. The van der Waals surface area contributed by atoms with Crippen LogP contribution in [-0.4, -0.2) is 23.7 Å². The van der Waals surface area contributed by atoms with Gasteiger partial charge in [-0.15, -0.1) is 0 Å². The number of hydrogen-bond donors (Lipinski definition) is 2. The summed E-state index contributed by atoms with van der Waals surface area (Å²) in [4.78, 5) is 10.7. The van der Waals surface area contributed by atoms with E-state index < -0.39 is 12.0 Å². The summed E-state index contributed by atoms with van der Waals surface area (Å²) >= 11 is 0. The highest BCUT2D eigenvalue weighted by Gasteiger charge is 2.23. The van der Waals surface area contributed by atoms with Gasteiger partial charge in [0.05, 0.1) is 0 Å². The van der Waals surface area contributed by atoms with Crippen LogP contribution in [0.3, 0.4) is 0 Å². The molecule has 3 nitrogen and oxygen atoms in total. The SMILES string of the molecule is CCNC(CC(C)(C)C)C(=O)O. The smallest absolute Gasteiger partial charge is 0.320 e. The van der Waals surface area contributed by atoms with E-state index in [4.69, 9.17) is 5.11 Å². The van der Waals surface area contributed by atoms with Crippen LogP contribution in [0.5, 0.6) is 0 Å². The molecule has 0 radical (unpaired) electrons. The zero-order valence-corrected chi connectivity index (χ0v) is 8.35. The molecule has 0 spiro atoms. The molecule has 0 saturated carbocycles. The zero-order chi connectivity index (χ0) is 9.78. The van der Waals surface area contributed by atoms with Crippen molar-refractivity contribution in [3.8, 4) is 0 Å². The second-order valence-electron chi connectivity index (χ2n) is 4.21. The van der Waals surface area contributed by atoms with Crippen LogP contribution in [0.25, 0.3) is 0 Å². The van der Waals surface area contributed by atoms with Gasteiger partial charge in [-0.3, -0.25) is 4.79 Å². The van der Waals surface area contributed by atoms with Crippen LogP contribution in [0.2, 0.25) is 0 Å². The highest BCUT2D eigenvalue weighted by molar-refractivity contribution is 5.73. The minimum atomic E-state index is -0.758. The first kappa shape index (κ1) is 11.4. The van der Waals surface area contributed by atoms with Crippen LogP contribution in [0.4, 0.5) is 0 Å². The van der Waals surface area contributed by atoms with E-state index in [0.717, 1.165) is 0 Å². The molecule has 0 heterocycles. The first-order chi connectivity index (χ1) is 5.37. The maximum Gasteiger partial charge on any atom is 0.320 e. The van der Waals surface area contributed by atoms with Crippen molar-refractivity contribution in [1.29, 1.82) is 0 Å². The number of carbonyl (C=O) groups is 1. The molecule has 0 aromatic heterocycles. The number of carboxylic acids is 1.